The Hall–Kier alpha value is -1.55. The fourth-order valence-corrected chi connectivity index (χ4v) is 2.82. The van der Waals surface area contributed by atoms with Crippen LogP contribution in [-0.2, 0) is 11.2 Å². The van der Waals surface area contributed by atoms with Gasteiger partial charge in [0.1, 0.15) is 5.75 Å². The van der Waals surface area contributed by atoms with Gasteiger partial charge in [0.2, 0.25) is 0 Å². The molecule has 0 spiro atoms. The molecule has 1 aliphatic heterocycles. The van der Waals surface area contributed by atoms with Gasteiger partial charge in [-0.2, -0.15) is 0 Å². The van der Waals surface area contributed by atoms with Crippen LogP contribution in [0.15, 0.2) is 18.2 Å². The molecular formula is C14H18N2O2. The van der Waals surface area contributed by atoms with E-state index >= 15 is 0 Å². The highest BCUT2D eigenvalue weighted by Gasteiger charge is 2.32. The fraction of sp³-hybridized carbons (Fsp3) is 0.500. The number of ether oxygens (including phenoxy) is 1. The van der Waals surface area contributed by atoms with Gasteiger partial charge in [-0.1, -0.05) is 12.1 Å². The molecule has 4 nitrogen and oxygen atoms in total. The Morgan fingerprint density at radius 1 is 1.39 bits per heavy atom. The van der Waals surface area contributed by atoms with E-state index in [0.717, 1.165) is 31.6 Å². The van der Waals surface area contributed by atoms with Gasteiger partial charge in [-0.3, -0.25) is 4.79 Å². The van der Waals surface area contributed by atoms with Gasteiger partial charge in [0, 0.05) is 26.1 Å². The number of nitrogens with zero attached hydrogens (tertiary/aromatic N) is 1. The molecule has 1 aliphatic carbocycles. The summed E-state index contributed by atoms with van der Waals surface area (Å²) in [5.74, 6) is 0.920. The van der Waals surface area contributed by atoms with Crippen LogP contribution in [0.5, 0.6) is 5.75 Å². The summed E-state index contributed by atoms with van der Waals surface area (Å²) in [4.78, 5) is 13.6. The molecule has 0 aromatic heterocycles. The van der Waals surface area contributed by atoms with Crippen LogP contribution in [0, 0.1) is 0 Å². The largest absolute Gasteiger partial charge is 0.480 e. The standard InChI is InChI=1S/C14H18N2O2/c1-16-8-7-13(14(16)17)18-12-4-2-3-9-10(12)5-6-11(9)15/h2-4,11,13H,5-8,15H2,1H3. The van der Waals surface area contributed by atoms with Gasteiger partial charge in [-0.25, -0.2) is 0 Å². The quantitative estimate of drug-likeness (QED) is 0.854. The summed E-state index contributed by atoms with van der Waals surface area (Å²) in [5.41, 5.74) is 8.40. The van der Waals surface area contributed by atoms with Crippen molar-refractivity contribution in [1.29, 1.82) is 0 Å². The number of likely N-dealkylation sites (N-methyl/N-ethyl adjacent to an activating group) is 1. The molecule has 18 heavy (non-hydrogen) atoms. The summed E-state index contributed by atoms with van der Waals surface area (Å²) >= 11 is 0. The number of amides is 1. The molecule has 2 unspecified atom stereocenters. The van der Waals surface area contributed by atoms with E-state index in [9.17, 15) is 4.79 Å². The third-order valence-electron chi connectivity index (χ3n) is 3.92. The summed E-state index contributed by atoms with van der Waals surface area (Å²) < 4.78 is 5.90. The number of nitrogens with two attached hydrogens (primary N) is 1. The van der Waals surface area contributed by atoms with Crippen LogP contribution in [0.25, 0.3) is 0 Å². The second-order valence-electron chi connectivity index (χ2n) is 5.12. The van der Waals surface area contributed by atoms with E-state index in [1.54, 1.807) is 4.90 Å². The zero-order chi connectivity index (χ0) is 12.7. The van der Waals surface area contributed by atoms with Crippen LogP contribution >= 0.6 is 0 Å². The summed E-state index contributed by atoms with van der Waals surface area (Å²) in [5, 5.41) is 0. The number of carbonyl (C=O) groups excluding carboxylic acids is 1. The smallest absolute Gasteiger partial charge is 0.263 e. The lowest BCUT2D eigenvalue weighted by Gasteiger charge is -2.16. The molecule has 2 N–H and O–H groups in total. The van der Waals surface area contributed by atoms with Gasteiger partial charge in [-0.05, 0) is 30.0 Å². The second-order valence-corrected chi connectivity index (χ2v) is 5.12. The van der Waals surface area contributed by atoms with Crippen LogP contribution < -0.4 is 10.5 Å². The van der Waals surface area contributed by atoms with Crippen molar-refractivity contribution in [3.63, 3.8) is 0 Å². The highest BCUT2D eigenvalue weighted by atomic mass is 16.5. The van der Waals surface area contributed by atoms with Crippen LogP contribution in [0.2, 0.25) is 0 Å². The molecule has 4 heteroatoms. The van der Waals surface area contributed by atoms with Crippen LogP contribution in [-0.4, -0.2) is 30.5 Å². The zero-order valence-electron chi connectivity index (χ0n) is 10.6. The number of likely N-dealkylation sites (tertiary alicyclic amines) is 1. The Morgan fingerprint density at radius 3 is 2.94 bits per heavy atom. The van der Waals surface area contributed by atoms with Gasteiger partial charge >= 0.3 is 0 Å². The zero-order valence-corrected chi connectivity index (χ0v) is 10.6. The molecular weight excluding hydrogens is 228 g/mol. The third-order valence-corrected chi connectivity index (χ3v) is 3.92. The molecule has 2 atom stereocenters. The number of rotatable bonds is 2. The van der Waals surface area contributed by atoms with Crippen molar-refractivity contribution in [3.05, 3.63) is 29.3 Å². The van der Waals surface area contributed by atoms with Gasteiger partial charge < -0.3 is 15.4 Å². The van der Waals surface area contributed by atoms with E-state index in [1.807, 2.05) is 19.2 Å². The average molecular weight is 246 g/mol. The lowest BCUT2D eigenvalue weighted by atomic mass is 10.1. The number of benzene rings is 1. The van der Waals surface area contributed by atoms with Crippen molar-refractivity contribution >= 4 is 5.91 Å². The van der Waals surface area contributed by atoms with Crippen LogP contribution in [0.4, 0.5) is 0 Å². The number of carbonyl (C=O) groups is 1. The minimum atomic E-state index is -0.321. The second kappa shape index (κ2) is 4.28. The first-order valence-corrected chi connectivity index (χ1v) is 6.46. The van der Waals surface area contributed by atoms with Crippen molar-refractivity contribution in [2.75, 3.05) is 13.6 Å². The predicted molar refractivity (Wildman–Crippen MR) is 68.4 cm³/mol. The topological polar surface area (TPSA) is 55.6 Å². The van der Waals surface area contributed by atoms with Crippen LogP contribution in [0.1, 0.15) is 30.0 Å². The summed E-state index contributed by atoms with van der Waals surface area (Å²) in [6.07, 6.45) is 2.36. The van der Waals surface area contributed by atoms with Crippen molar-refractivity contribution in [2.24, 2.45) is 5.73 Å². The van der Waals surface area contributed by atoms with E-state index in [2.05, 4.69) is 6.07 Å². The molecule has 1 aromatic rings. The molecule has 1 aromatic carbocycles. The van der Waals surface area contributed by atoms with Gasteiger partial charge in [0.25, 0.3) is 5.91 Å². The number of fused-ring (bicyclic) bond motifs is 1. The Labute approximate surface area is 107 Å². The fourth-order valence-electron chi connectivity index (χ4n) is 2.82. The molecule has 96 valence electrons. The average Bonchev–Trinajstić information content (AvgIpc) is 2.89. The first kappa shape index (κ1) is 11.5. The predicted octanol–water partition coefficient (Wildman–Crippen LogP) is 1.24. The highest BCUT2D eigenvalue weighted by molar-refractivity contribution is 5.83. The maximum Gasteiger partial charge on any atom is 0.263 e. The van der Waals surface area contributed by atoms with E-state index < -0.39 is 0 Å². The first-order valence-electron chi connectivity index (χ1n) is 6.46. The summed E-state index contributed by atoms with van der Waals surface area (Å²) in [6.45, 7) is 0.776. The number of hydrogen-bond donors (Lipinski definition) is 1. The van der Waals surface area contributed by atoms with E-state index in [4.69, 9.17) is 10.5 Å². The highest BCUT2D eigenvalue weighted by Crippen LogP contribution is 2.36. The van der Waals surface area contributed by atoms with Gasteiger partial charge in [0.15, 0.2) is 6.10 Å². The van der Waals surface area contributed by atoms with Crippen molar-refractivity contribution in [3.8, 4) is 5.75 Å². The lowest BCUT2D eigenvalue weighted by Crippen LogP contribution is -2.29. The minimum Gasteiger partial charge on any atom is -0.480 e. The number of hydrogen-bond acceptors (Lipinski definition) is 3. The van der Waals surface area contributed by atoms with E-state index in [1.165, 1.54) is 11.1 Å². The monoisotopic (exact) mass is 246 g/mol. The molecule has 1 heterocycles. The lowest BCUT2D eigenvalue weighted by molar-refractivity contribution is -0.132. The Kier molecular flexibility index (Phi) is 2.74. The Morgan fingerprint density at radius 2 is 2.22 bits per heavy atom. The maximum atomic E-state index is 11.9. The maximum absolute atomic E-state index is 11.9. The van der Waals surface area contributed by atoms with Crippen molar-refractivity contribution in [2.45, 2.75) is 31.4 Å². The third kappa shape index (κ3) is 1.77. The normalized spacial score (nSPS) is 26.6. The van der Waals surface area contributed by atoms with Crippen LogP contribution in [0.3, 0.4) is 0 Å². The minimum absolute atomic E-state index is 0.0786. The molecule has 1 fully saturated rings. The van der Waals surface area contributed by atoms with Gasteiger partial charge in [0.05, 0.1) is 0 Å². The van der Waals surface area contributed by atoms with E-state index in [0.29, 0.717) is 0 Å². The SMILES string of the molecule is CN1CCC(Oc2cccc3c2CCC3N)C1=O. The summed E-state index contributed by atoms with van der Waals surface area (Å²) in [7, 11) is 1.82. The molecule has 0 bridgehead atoms. The van der Waals surface area contributed by atoms with Gasteiger partial charge in [-0.15, -0.1) is 0 Å². The molecule has 1 saturated heterocycles. The Bertz CT molecular complexity index is 487. The summed E-state index contributed by atoms with van der Waals surface area (Å²) in [6, 6.07) is 6.08. The van der Waals surface area contributed by atoms with Crippen molar-refractivity contribution < 1.29 is 9.53 Å². The molecule has 0 radical (unpaired) electrons. The molecule has 0 saturated carbocycles. The molecule has 2 aliphatic rings. The van der Waals surface area contributed by atoms with Crippen molar-refractivity contribution in [1.82, 2.24) is 4.90 Å². The molecule has 3 rings (SSSR count). The first-order chi connectivity index (χ1) is 8.66. The van der Waals surface area contributed by atoms with E-state index in [-0.39, 0.29) is 18.1 Å². The molecule has 1 amide bonds. The Balaban J connectivity index is 1.84.